The van der Waals surface area contributed by atoms with Crippen LogP contribution in [0.5, 0.6) is 34.5 Å². The van der Waals surface area contributed by atoms with Crippen molar-refractivity contribution in [2.24, 2.45) is 0 Å². The second kappa shape index (κ2) is 50.2. The van der Waals surface area contributed by atoms with Crippen molar-refractivity contribution in [2.75, 3.05) is 61.1 Å². The Hall–Kier alpha value is -15.7. The fourth-order valence-electron chi connectivity index (χ4n) is 12.6. The predicted octanol–water partition coefficient (Wildman–Crippen LogP) is 10.5. The third-order valence-electron chi connectivity index (χ3n) is 18.9. The minimum absolute atomic E-state index is 0. The molecule has 678 valence electrons. The number of hydrogen-bond acceptors (Lipinski definition) is 24. The van der Waals surface area contributed by atoms with Gasteiger partial charge in [0, 0.05) is 47.7 Å². The van der Waals surface area contributed by atoms with Crippen LogP contribution in [0.25, 0.3) is 55.6 Å². The quantitative estimate of drug-likeness (QED) is 0.0177. The van der Waals surface area contributed by atoms with E-state index in [4.69, 9.17) is 33.9 Å². The van der Waals surface area contributed by atoms with Gasteiger partial charge in [-0.15, -0.1) is 13.2 Å². The molecule has 0 aliphatic carbocycles. The number of aromatic nitrogens is 5. The van der Waals surface area contributed by atoms with E-state index in [1.807, 2.05) is 50.2 Å². The Balaban J connectivity index is 0.000000208. The van der Waals surface area contributed by atoms with Crippen LogP contribution in [0, 0.1) is 34.9 Å². The van der Waals surface area contributed by atoms with Gasteiger partial charge in [0.25, 0.3) is 0 Å². The zero-order valence-electron chi connectivity index (χ0n) is 73.4. The molecule has 0 spiro atoms. The molecule has 0 fully saturated rings. The van der Waals surface area contributed by atoms with E-state index in [0.29, 0.717) is 86.5 Å². The zero-order valence-corrected chi connectivity index (χ0v) is 73.4. The van der Waals surface area contributed by atoms with Gasteiger partial charge in [-0.1, -0.05) is 78.9 Å². The van der Waals surface area contributed by atoms with Gasteiger partial charge in [-0.05, 0) is 233 Å². The van der Waals surface area contributed by atoms with Gasteiger partial charge in [0.2, 0.25) is 0 Å². The molecule has 0 amide bonds. The molecule has 15 rings (SSSR count). The van der Waals surface area contributed by atoms with Crippen LogP contribution in [0.3, 0.4) is 0 Å². The fourth-order valence-corrected chi connectivity index (χ4v) is 12.6. The van der Waals surface area contributed by atoms with Crippen molar-refractivity contribution >= 4 is 87.0 Å². The maximum atomic E-state index is 14.6. The van der Waals surface area contributed by atoms with Crippen molar-refractivity contribution < 1.29 is 174 Å². The van der Waals surface area contributed by atoms with E-state index in [-0.39, 0.29) is 130 Å². The summed E-state index contributed by atoms with van der Waals surface area (Å²) in [6.45, 7) is 4.76. The number of hydrogen-bond donors (Lipinski definition) is 7. The predicted molar refractivity (Wildman–Crippen MR) is 472 cm³/mol. The number of methoxy groups -OCH3 is 3. The van der Waals surface area contributed by atoms with E-state index < -0.39 is 88.2 Å². The Morgan fingerprint density at radius 2 is 0.610 bits per heavy atom. The number of ether oxygens (including phenoxy) is 6. The first kappa shape index (κ1) is 106. The number of pyridine rings is 5. The molecule has 7 N–H and O–H groups in total. The molecule has 26 nitrogen and oxygen atoms in total. The van der Waals surface area contributed by atoms with E-state index in [0.717, 1.165) is 23.3 Å². The summed E-state index contributed by atoms with van der Waals surface area (Å²) >= 11 is 0. The molecule has 15 aromatic rings. The third kappa shape index (κ3) is 28.9. The van der Waals surface area contributed by atoms with Crippen molar-refractivity contribution in [1.29, 1.82) is 0 Å². The number of anilines is 10. The smallest absolute Gasteiger partial charge is 0.545 e. The number of carbonyl (C=O) groups excluding carboxylic acids is 3. The van der Waals surface area contributed by atoms with E-state index >= 15 is 0 Å². The Bertz CT molecular complexity index is 6690. The summed E-state index contributed by atoms with van der Waals surface area (Å²) in [6.07, 6.45) is 5.39. The zero-order chi connectivity index (χ0) is 95.4. The van der Waals surface area contributed by atoms with E-state index in [1.165, 1.54) is 149 Å². The molecule has 38 heteroatoms. The average Bonchev–Trinajstić information content (AvgIpc) is 0.810. The number of carboxylic acid groups (broad SMARTS) is 5. The van der Waals surface area contributed by atoms with Gasteiger partial charge in [-0.25, -0.2) is 45.9 Å². The van der Waals surface area contributed by atoms with Crippen LogP contribution in [-0.4, -0.2) is 106 Å². The minimum atomic E-state index is -4.95. The van der Waals surface area contributed by atoms with Gasteiger partial charge in [0.15, 0.2) is 5.75 Å². The first-order valence-corrected chi connectivity index (χ1v) is 39.5. The second-order valence-corrected chi connectivity index (χ2v) is 27.6. The molecule has 0 aliphatic heterocycles. The number of aromatic carboxylic acids is 5. The van der Waals surface area contributed by atoms with E-state index in [2.05, 4.69) is 56.2 Å². The Morgan fingerprint density at radius 1 is 0.324 bits per heavy atom. The van der Waals surface area contributed by atoms with Crippen molar-refractivity contribution in [1.82, 2.24) is 24.9 Å². The molecule has 0 atom stereocenters. The summed E-state index contributed by atoms with van der Waals surface area (Å²) in [5, 5.41) is 64.7. The number of alkyl halides is 3. The molecule has 0 aliphatic rings. The number of rotatable bonds is 28. The number of nitrogens with one attached hydrogen (secondary N) is 5. The number of nitrogens with zero attached hydrogens (tertiary/aromatic N) is 5. The first-order chi connectivity index (χ1) is 63.9. The SMILES string of the molecule is CCOc1cccc(-c2cc(F)c(Nc3ncccc3C(=O)O)c(F)c2)c1.CCOc1cccc(-c2ccc(Nc3cnccc3C(=O)[O-])c(F)c2)c1.COc1cccc(-c2cc(F)c(Nc3ncccc3C(=O)O)c(F)c2)c1.COc1cccc(-c2ccc(Nc3cnccc3C(=O)[O-])c(F)c2)c1.COc1cccc(-c2ccc(Nc3cnccc3C(=O)[O-])c(OC(F)(F)F)c2)c1.[Li+].[Li+].[Li+]. The first-order valence-electron chi connectivity index (χ1n) is 39.5. The molecule has 5 aromatic heterocycles. The van der Waals surface area contributed by atoms with Crippen molar-refractivity contribution in [3.63, 3.8) is 0 Å². The average molecular weight is 1840 g/mol. The third-order valence-corrected chi connectivity index (χ3v) is 18.9. The maximum Gasteiger partial charge on any atom is 1.00 e. The molecule has 0 bridgehead atoms. The monoisotopic (exact) mass is 1840 g/mol. The van der Waals surface area contributed by atoms with Crippen LogP contribution < -0.4 is 127 Å². The van der Waals surface area contributed by atoms with Crippen LogP contribution >= 0.6 is 0 Å². The Kier molecular flexibility index (Phi) is 39.0. The molecular weight excluding hydrogens is 1760 g/mol. The molecular formula is C98H74F9Li3N10O16. The number of halogens is 9. The number of benzene rings is 10. The molecule has 0 radical (unpaired) electrons. The topological polar surface area (TPSA) is 375 Å². The van der Waals surface area contributed by atoms with Crippen molar-refractivity contribution in [2.45, 2.75) is 20.2 Å². The van der Waals surface area contributed by atoms with Gasteiger partial charge >= 0.3 is 74.9 Å². The van der Waals surface area contributed by atoms with Crippen molar-refractivity contribution in [3.8, 4) is 90.1 Å². The van der Waals surface area contributed by atoms with E-state index in [9.17, 15) is 78.8 Å². The summed E-state index contributed by atoms with van der Waals surface area (Å²) < 4.78 is 156. The summed E-state index contributed by atoms with van der Waals surface area (Å²) in [7, 11) is 4.54. The second-order valence-electron chi connectivity index (χ2n) is 27.6. The standard InChI is InChI=1S/C20H15F3N2O4.C20H16F2N2O3.C20H17FN2O3.C19H14F2N2O3.C19H15FN2O3.3Li/c1-28-14-4-2-3-12(9-14)13-5-6-16(18(10-13)29-20(21,22)23)25-17-11-24-8-7-15(17)19(26)27;1-2-27-14-6-3-5-12(9-14)13-10-16(21)18(17(22)11-13)24-19-15(20(25)26)7-4-8-23-19;1-2-26-15-5-3-4-13(10-15)14-6-7-18(17(21)11-14)23-19-12-22-9-8-16(19)20(24)25;1-26-13-5-2-4-11(8-13)12-9-15(20)17(16(21)10-12)23-18-14(19(24)25)6-3-7-22-18;1-25-14-4-2-3-12(9-14)13-5-6-17(16(20)10-13)22-18-11-21-8-7-15(18)19(23)24;;;/h2-11,25H,1H3,(H,26,27);3-11H,2H2,1H3,(H,23,24)(H,25,26);3-12,23H,2H2,1H3,(H,24,25);2-10H,1H3,(H,22,23)(H,24,25);2-11,22H,1H3,(H,23,24);;;/q;;;;;3*+1/p-3. The molecule has 10 aromatic carbocycles. The number of carbonyl (C=O) groups is 5. The molecule has 136 heavy (non-hydrogen) atoms. The van der Waals surface area contributed by atoms with Gasteiger partial charge in [-0.3, -0.25) is 15.0 Å². The van der Waals surface area contributed by atoms with Gasteiger partial charge in [0.1, 0.15) is 97.8 Å². The van der Waals surface area contributed by atoms with Gasteiger partial charge in [-0.2, -0.15) is 0 Å². The normalized spacial score (nSPS) is 10.3. The van der Waals surface area contributed by atoms with Crippen LogP contribution in [-0.2, 0) is 0 Å². The Labute approximate surface area is 807 Å². The van der Waals surface area contributed by atoms with Crippen LogP contribution in [0.4, 0.5) is 96.6 Å². The van der Waals surface area contributed by atoms with Crippen LogP contribution in [0.15, 0.2) is 292 Å². The van der Waals surface area contributed by atoms with Gasteiger partial charge < -0.3 is 94.9 Å². The van der Waals surface area contributed by atoms with Crippen molar-refractivity contribution in [3.05, 3.63) is 355 Å². The summed E-state index contributed by atoms with van der Waals surface area (Å²) in [6, 6.07) is 62.3. The van der Waals surface area contributed by atoms with Gasteiger partial charge in [0.05, 0.1) is 105 Å². The van der Waals surface area contributed by atoms with Crippen LogP contribution in [0.1, 0.15) is 65.6 Å². The Morgan fingerprint density at radius 3 is 0.912 bits per heavy atom. The number of carboxylic acids is 5. The summed E-state index contributed by atoms with van der Waals surface area (Å²) in [5.41, 5.74) is 4.58. The fraction of sp³-hybridized carbons (Fsp3) is 0.0816. The molecule has 0 saturated heterocycles. The molecule has 0 unspecified atom stereocenters. The van der Waals surface area contributed by atoms with E-state index in [1.54, 1.807) is 116 Å². The molecule has 0 saturated carbocycles. The summed E-state index contributed by atoms with van der Waals surface area (Å²) in [5.74, 6) is -8.99. The van der Waals surface area contributed by atoms with Crippen LogP contribution in [0.2, 0.25) is 0 Å². The largest absolute Gasteiger partial charge is 1.00 e. The summed E-state index contributed by atoms with van der Waals surface area (Å²) in [4.78, 5) is 75.1. The maximum absolute atomic E-state index is 14.6. The molecule has 5 heterocycles. The minimum Gasteiger partial charge on any atom is -0.545 e.